The number of Topliss-reactive ketones (excluding diaryl/α,β-unsaturated/α-hetero) is 1. The van der Waals surface area contributed by atoms with Crippen molar-refractivity contribution in [2.24, 2.45) is 0 Å². The van der Waals surface area contributed by atoms with E-state index in [-0.39, 0.29) is 5.78 Å². The van der Waals surface area contributed by atoms with Gasteiger partial charge in [-0.15, -0.1) is 0 Å². The van der Waals surface area contributed by atoms with Crippen LogP contribution in [0.3, 0.4) is 0 Å². The average Bonchev–Trinajstić information content (AvgIpc) is 2.81. The van der Waals surface area contributed by atoms with Crippen LogP contribution in [-0.4, -0.2) is 10.8 Å². The van der Waals surface area contributed by atoms with Gasteiger partial charge < -0.3 is 0 Å². The molecule has 0 N–H and O–H groups in total. The minimum absolute atomic E-state index is 0.178. The number of ketones is 1. The third kappa shape index (κ3) is 2.36. The van der Waals surface area contributed by atoms with Gasteiger partial charge in [-0.1, -0.05) is 6.92 Å². The van der Waals surface area contributed by atoms with E-state index in [4.69, 9.17) is 0 Å². The molecule has 2 nitrogen and oxygen atoms in total. The van der Waals surface area contributed by atoms with Gasteiger partial charge in [-0.3, -0.25) is 9.78 Å². The van der Waals surface area contributed by atoms with Gasteiger partial charge in [-0.05, 0) is 40.4 Å². The summed E-state index contributed by atoms with van der Waals surface area (Å²) in [5.41, 5.74) is 2.93. The summed E-state index contributed by atoms with van der Waals surface area (Å²) in [6, 6.07) is 3.81. The van der Waals surface area contributed by atoms with E-state index >= 15 is 0 Å². The molecule has 2 heterocycles. The second kappa shape index (κ2) is 5.03. The van der Waals surface area contributed by atoms with Crippen LogP contribution in [0.2, 0.25) is 0 Å². The van der Waals surface area contributed by atoms with Crippen molar-refractivity contribution < 1.29 is 4.79 Å². The Morgan fingerprint density at radius 2 is 2.31 bits per heavy atom. The van der Waals surface area contributed by atoms with Crippen LogP contribution >= 0.6 is 11.3 Å². The second-order valence-corrected chi connectivity index (χ2v) is 4.40. The van der Waals surface area contributed by atoms with Gasteiger partial charge >= 0.3 is 0 Å². The molecule has 0 radical (unpaired) electrons. The molecular formula is C13H13NOS. The summed E-state index contributed by atoms with van der Waals surface area (Å²) in [6.07, 6.45) is 4.79. The van der Waals surface area contributed by atoms with Crippen molar-refractivity contribution in [3.05, 3.63) is 52.0 Å². The summed E-state index contributed by atoms with van der Waals surface area (Å²) in [6.45, 7) is 2.04. The summed E-state index contributed by atoms with van der Waals surface area (Å²) in [4.78, 5) is 16.1. The van der Waals surface area contributed by atoms with E-state index in [1.54, 1.807) is 23.7 Å². The summed E-state index contributed by atoms with van der Waals surface area (Å²) in [5, 5.41) is 4.01. The van der Waals surface area contributed by atoms with E-state index in [1.165, 1.54) is 0 Å². The largest absolute Gasteiger partial charge is 0.294 e. The number of pyridine rings is 1. The van der Waals surface area contributed by atoms with Crippen molar-refractivity contribution in [2.45, 2.75) is 19.8 Å². The number of hydrogen-bond acceptors (Lipinski definition) is 3. The van der Waals surface area contributed by atoms with Crippen molar-refractivity contribution in [1.29, 1.82) is 0 Å². The first-order chi connectivity index (χ1) is 7.81. The third-order valence-corrected chi connectivity index (χ3v) is 3.26. The molecular weight excluding hydrogens is 218 g/mol. The summed E-state index contributed by atoms with van der Waals surface area (Å²) >= 11 is 1.62. The Morgan fingerprint density at radius 1 is 1.44 bits per heavy atom. The molecule has 0 atom stereocenters. The van der Waals surface area contributed by atoms with E-state index < -0.39 is 0 Å². The molecule has 16 heavy (non-hydrogen) atoms. The molecule has 3 heteroatoms. The molecule has 0 saturated heterocycles. The number of carbonyl (C=O) groups excluding carboxylic acids is 1. The molecule has 2 aromatic heterocycles. The first-order valence-corrected chi connectivity index (χ1v) is 6.22. The smallest absolute Gasteiger partial charge is 0.167 e. The Balaban J connectivity index is 2.21. The predicted octanol–water partition coefficient (Wildman–Crippen LogP) is 3.13. The first kappa shape index (κ1) is 11.0. The zero-order chi connectivity index (χ0) is 11.4. The van der Waals surface area contributed by atoms with Crippen LogP contribution in [0.4, 0.5) is 0 Å². The molecule has 0 aliphatic carbocycles. The zero-order valence-corrected chi connectivity index (χ0v) is 9.96. The molecule has 0 unspecified atom stereocenters. The molecule has 0 aromatic carbocycles. The van der Waals surface area contributed by atoms with Crippen LogP contribution in [0.15, 0.2) is 35.3 Å². The highest BCUT2D eigenvalue weighted by Gasteiger charge is 2.10. The number of aryl methyl sites for hydroxylation is 1. The van der Waals surface area contributed by atoms with Crippen molar-refractivity contribution in [3.8, 4) is 0 Å². The number of rotatable bonds is 4. The van der Waals surface area contributed by atoms with E-state index in [9.17, 15) is 4.79 Å². The first-order valence-electron chi connectivity index (χ1n) is 5.28. The summed E-state index contributed by atoms with van der Waals surface area (Å²) in [5.74, 6) is 0.178. The van der Waals surface area contributed by atoms with Crippen LogP contribution in [0.1, 0.15) is 28.4 Å². The Hall–Kier alpha value is -1.48. The zero-order valence-electron chi connectivity index (χ0n) is 9.14. The van der Waals surface area contributed by atoms with Gasteiger partial charge in [0.05, 0.1) is 0 Å². The maximum absolute atomic E-state index is 12.1. The molecule has 0 bridgehead atoms. The molecule has 0 aliphatic rings. The lowest BCUT2D eigenvalue weighted by molar-refractivity contribution is 0.0992. The Kier molecular flexibility index (Phi) is 3.47. The molecule has 82 valence electrons. The lowest BCUT2D eigenvalue weighted by Crippen LogP contribution is -2.06. The van der Waals surface area contributed by atoms with Gasteiger partial charge in [-0.25, -0.2) is 0 Å². The van der Waals surface area contributed by atoms with Gasteiger partial charge in [-0.2, -0.15) is 11.3 Å². The van der Waals surface area contributed by atoms with Crippen LogP contribution in [0, 0.1) is 0 Å². The highest BCUT2D eigenvalue weighted by Crippen LogP contribution is 2.14. The minimum Gasteiger partial charge on any atom is -0.294 e. The molecule has 0 amide bonds. The van der Waals surface area contributed by atoms with Crippen molar-refractivity contribution >= 4 is 17.1 Å². The van der Waals surface area contributed by atoms with E-state index in [0.717, 1.165) is 23.1 Å². The summed E-state index contributed by atoms with van der Waals surface area (Å²) in [7, 11) is 0. The number of thiophene rings is 1. The quantitative estimate of drug-likeness (QED) is 0.757. The topological polar surface area (TPSA) is 30.0 Å². The molecule has 2 rings (SSSR count). The average molecular weight is 231 g/mol. The van der Waals surface area contributed by atoms with Gasteiger partial charge in [0.2, 0.25) is 0 Å². The monoisotopic (exact) mass is 231 g/mol. The van der Waals surface area contributed by atoms with Crippen molar-refractivity contribution in [1.82, 2.24) is 4.98 Å². The lowest BCUT2D eigenvalue weighted by atomic mass is 10.0. The van der Waals surface area contributed by atoms with Crippen molar-refractivity contribution in [2.75, 3.05) is 0 Å². The maximum atomic E-state index is 12.1. The Labute approximate surface area is 99.0 Å². The van der Waals surface area contributed by atoms with Gasteiger partial charge in [0, 0.05) is 24.4 Å². The molecule has 0 spiro atoms. The Morgan fingerprint density at radius 3 is 3.00 bits per heavy atom. The van der Waals surface area contributed by atoms with Crippen LogP contribution < -0.4 is 0 Å². The van der Waals surface area contributed by atoms with Gasteiger partial charge in [0.1, 0.15) is 0 Å². The normalized spacial score (nSPS) is 10.3. The fourth-order valence-corrected chi connectivity index (χ4v) is 2.32. The van der Waals surface area contributed by atoms with E-state index in [1.807, 2.05) is 29.8 Å². The number of nitrogens with zero attached hydrogens (tertiary/aromatic N) is 1. The van der Waals surface area contributed by atoms with E-state index in [0.29, 0.717) is 6.42 Å². The van der Waals surface area contributed by atoms with Crippen molar-refractivity contribution in [3.63, 3.8) is 0 Å². The third-order valence-electron chi connectivity index (χ3n) is 2.53. The lowest BCUT2D eigenvalue weighted by Gasteiger charge is -2.04. The van der Waals surface area contributed by atoms with Gasteiger partial charge in [0.25, 0.3) is 0 Å². The predicted molar refractivity (Wildman–Crippen MR) is 66.0 cm³/mol. The van der Waals surface area contributed by atoms with E-state index in [2.05, 4.69) is 4.98 Å². The van der Waals surface area contributed by atoms with Crippen LogP contribution in [0.25, 0.3) is 0 Å². The highest BCUT2D eigenvalue weighted by atomic mass is 32.1. The van der Waals surface area contributed by atoms with Gasteiger partial charge in [0.15, 0.2) is 5.78 Å². The molecule has 2 aromatic rings. The Bertz CT molecular complexity index is 476. The second-order valence-electron chi connectivity index (χ2n) is 3.62. The minimum atomic E-state index is 0.178. The SMILES string of the molecule is CCc1cnccc1C(=O)Cc1ccsc1. The maximum Gasteiger partial charge on any atom is 0.167 e. The highest BCUT2D eigenvalue weighted by molar-refractivity contribution is 7.08. The van der Waals surface area contributed by atoms with Crippen LogP contribution in [0.5, 0.6) is 0 Å². The number of hydrogen-bond donors (Lipinski definition) is 0. The number of carbonyl (C=O) groups is 1. The fraction of sp³-hybridized carbons (Fsp3) is 0.231. The standard InChI is InChI=1S/C13H13NOS/c1-2-11-8-14-5-3-12(11)13(15)7-10-4-6-16-9-10/h3-6,8-9H,2,7H2,1H3. The molecule has 0 saturated carbocycles. The molecule has 0 fully saturated rings. The number of aromatic nitrogens is 1. The fourth-order valence-electron chi connectivity index (χ4n) is 1.65. The van der Waals surface area contributed by atoms with Crippen LogP contribution in [-0.2, 0) is 12.8 Å². The molecule has 0 aliphatic heterocycles. The summed E-state index contributed by atoms with van der Waals surface area (Å²) < 4.78 is 0.